The molecule has 2 rings (SSSR count). The first-order valence-corrected chi connectivity index (χ1v) is 11.8. The average molecular weight is 418 g/mol. The molecule has 2 fully saturated rings. The third-order valence-corrected chi connectivity index (χ3v) is 8.48. The molecule has 0 aromatic heterocycles. The fraction of sp³-hybridized carbons (Fsp3) is 0.895. The normalized spacial score (nSPS) is 24.7. The van der Waals surface area contributed by atoms with Gasteiger partial charge in [-0.1, -0.05) is 26.7 Å². The van der Waals surface area contributed by atoms with Gasteiger partial charge in [-0.05, 0) is 45.2 Å². The van der Waals surface area contributed by atoms with Gasteiger partial charge in [-0.3, -0.25) is 9.69 Å². The number of nitrogens with zero attached hydrogens (tertiary/aromatic N) is 3. The first-order valence-electron chi connectivity index (χ1n) is 10.3. The zero-order chi connectivity index (χ0) is 21.1. The maximum atomic E-state index is 13.1. The number of hydrogen-bond acceptors (Lipinski definition) is 5. The number of likely N-dealkylation sites (tertiary alicyclic amines) is 1. The highest BCUT2D eigenvalue weighted by molar-refractivity contribution is 7.89. The molecule has 1 amide bonds. The summed E-state index contributed by atoms with van der Waals surface area (Å²) in [5, 5.41) is 8.93. The van der Waals surface area contributed by atoms with E-state index in [1.165, 1.54) is 16.3 Å². The van der Waals surface area contributed by atoms with Crippen LogP contribution in [-0.4, -0.2) is 84.7 Å². The molecule has 2 atom stereocenters. The number of carboxylic acid groups (broad SMARTS) is 1. The van der Waals surface area contributed by atoms with Crippen LogP contribution in [0.2, 0.25) is 0 Å². The van der Waals surface area contributed by atoms with Gasteiger partial charge in [-0.15, -0.1) is 0 Å². The van der Waals surface area contributed by atoms with Crippen molar-refractivity contribution in [3.8, 4) is 0 Å². The molecule has 2 aliphatic rings. The number of hydrogen-bond donors (Lipinski definition) is 1. The van der Waals surface area contributed by atoms with Crippen LogP contribution in [0.4, 0.5) is 0 Å². The van der Waals surface area contributed by atoms with Crippen LogP contribution >= 0.6 is 0 Å². The van der Waals surface area contributed by atoms with Crippen LogP contribution in [0.5, 0.6) is 0 Å². The van der Waals surface area contributed by atoms with E-state index in [1.54, 1.807) is 13.8 Å². The van der Waals surface area contributed by atoms with Crippen molar-refractivity contribution in [3.63, 3.8) is 0 Å². The lowest BCUT2D eigenvalue weighted by Gasteiger charge is -2.37. The molecule has 1 unspecified atom stereocenters. The second kappa shape index (κ2) is 9.54. The van der Waals surface area contributed by atoms with Crippen molar-refractivity contribution in [1.82, 2.24) is 14.1 Å². The molecule has 2 saturated heterocycles. The van der Waals surface area contributed by atoms with Gasteiger partial charge in [0.05, 0.1) is 0 Å². The topological polar surface area (TPSA) is 98.2 Å². The van der Waals surface area contributed by atoms with E-state index in [4.69, 9.17) is 0 Å². The summed E-state index contributed by atoms with van der Waals surface area (Å²) in [5.41, 5.74) is 0. The van der Waals surface area contributed by atoms with Gasteiger partial charge in [0, 0.05) is 26.1 Å². The number of amides is 1. The molecule has 0 bridgehead atoms. The molecule has 1 N–H and O–H groups in total. The van der Waals surface area contributed by atoms with E-state index >= 15 is 0 Å². The van der Waals surface area contributed by atoms with Gasteiger partial charge in [0.25, 0.3) is 0 Å². The minimum Gasteiger partial charge on any atom is -0.480 e. The Kier molecular flexibility index (Phi) is 7.87. The minimum absolute atomic E-state index is 0.197. The van der Waals surface area contributed by atoms with Gasteiger partial charge >= 0.3 is 5.97 Å². The largest absolute Gasteiger partial charge is 0.480 e. The molecule has 0 radical (unpaired) electrons. The van der Waals surface area contributed by atoms with Gasteiger partial charge in [0.2, 0.25) is 15.9 Å². The number of sulfonamides is 1. The quantitative estimate of drug-likeness (QED) is 0.702. The molecule has 0 spiro atoms. The number of likely N-dealkylation sites (N-methyl/N-ethyl adjacent to an activating group) is 1. The summed E-state index contributed by atoms with van der Waals surface area (Å²) in [6.45, 7) is 4.98. The number of aliphatic carboxylic acids is 1. The first-order chi connectivity index (χ1) is 13.1. The lowest BCUT2D eigenvalue weighted by Crippen LogP contribution is -2.52. The smallest absolute Gasteiger partial charge is 0.326 e. The van der Waals surface area contributed by atoms with Crippen molar-refractivity contribution in [1.29, 1.82) is 0 Å². The van der Waals surface area contributed by atoms with Crippen LogP contribution in [0.25, 0.3) is 0 Å². The molecule has 8 nitrogen and oxygen atoms in total. The van der Waals surface area contributed by atoms with E-state index in [1.807, 2.05) is 11.9 Å². The highest BCUT2D eigenvalue weighted by Gasteiger charge is 2.40. The van der Waals surface area contributed by atoms with Crippen LogP contribution in [0, 0.1) is 11.8 Å². The maximum absolute atomic E-state index is 13.1. The fourth-order valence-corrected chi connectivity index (χ4v) is 6.54. The molecule has 2 aliphatic heterocycles. The molecule has 9 heteroatoms. The van der Waals surface area contributed by atoms with Gasteiger partial charge in [-0.2, -0.15) is 0 Å². The summed E-state index contributed by atoms with van der Waals surface area (Å²) in [6, 6.07) is -0.867. The first kappa shape index (κ1) is 23.1. The highest BCUT2D eigenvalue weighted by Crippen LogP contribution is 2.28. The molecular weight excluding hydrogens is 382 g/mol. The van der Waals surface area contributed by atoms with E-state index in [0.717, 1.165) is 25.8 Å². The standard InChI is InChI=1S/C19H35N3O5S/c1-14(2)17(19(24)25)21(4)18(23)15-9-12-22(13-10-15)28(26,27)16-8-6-5-7-11-20(16)3/h14-17H,5-13H2,1-4H3,(H,24,25)/t16-,17?/m0/s1. The summed E-state index contributed by atoms with van der Waals surface area (Å²) < 4.78 is 27.8. The Bertz CT molecular complexity index is 658. The van der Waals surface area contributed by atoms with Gasteiger partial charge < -0.3 is 10.0 Å². The molecule has 162 valence electrons. The van der Waals surface area contributed by atoms with E-state index in [2.05, 4.69) is 0 Å². The molecule has 0 aromatic rings. The van der Waals surface area contributed by atoms with Crippen molar-refractivity contribution < 1.29 is 23.1 Å². The summed E-state index contributed by atoms with van der Waals surface area (Å²) >= 11 is 0. The fourth-order valence-electron chi connectivity index (χ4n) is 4.45. The third kappa shape index (κ3) is 5.04. The maximum Gasteiger partial charge on any atom is 0.326 e. The van der Waals surface area contributed by atoms with E-state index in [0.29, 0.717) is 32.4 Å². The van der Waals surface area contributed by atoms with Gasteiger partial charge in [0.15, 0.2) is 0 Å². The van der Waals surface area contributed by atoms with Crippen molar-refractivity contribution >= 4 is 21.9 Å². The van der Waals surface area contributed by atoms with Gasteiger partial charge in [0.1, 0.15) is 11.4 Å². The summed E-state index contributed by atoms with van der Waals surface area (Å²) in [5.74, 6) is -1.74. The Morgan fingerprint density at radius 2 is 1.64 bits per heavy atom. The number of carboxylic acids is 1. The lowest BCUT2D eigenvalue weighted by atomic mass is 9.94. The summed E-state index contributed by atoms with van der Waals surface area (Å²) in [6.07, 6.45) is 4.51. The van der Waals surface area contributed by atoms with Crippen molar-refractivity contribution in [2.24, 2.45) is 11.8 Å². The SMILES string of the molecule is CC(C)C(C(=O)O)N(C)C(=O)C1CCN(S(=O)(=O)[C@H]2CCCCCN2C)CC1. The Morgan fingerprint density at radius 3 is 2.18 bits per heavy atom. The average Bonchev–Trinajstić information content (AvgIpc) is 2.85. The zero-order valence-corrected chi connectivity index (χ0v) is 18.3. The Hall–Kier alpha value is -1.19. The van der Waals surface area contributed by atoms with E-state index < -0.39 is 27.4 Å². The van der Waals surface area contributed by atoms with Crippen molar-refractivity contribution in [2.45, 2.75) is 63.8 Å². The Balaban J connectivity index is 2.01. The molecule has 0 aromatic carbocycles. The van der Waals surface area contributed by atoms with E-state index in [9.17, 15) is 23.1 Å². The second-order valence-electron chi connectivity index (χ2n) is 8.48. The van der Waals surface area contributed by atoms with Crippen molar-refractivity contribution in [3.05, 3.63) is 0 Å². The number of piperidine rings is 1. The Labute approximate surface area is 168 Å². The zero-order valence-electron chi connectivity index (χ0n) is 17.5. The van der Waals surface area contributed by atoms with Crippen LogP contribution in [0.15, 0.2) is 0 Å². The molecule has 2 heterocycles. The van der Waals surface area contributed by atoms with Gasteiger partial charge in [-0.25, -0.2) is 17.5 Å². The molecule has 0 saturated carbocycles. The second-order valence-corrected chi connectivity index (χ2v) is 10.6. The number of carbonyl (C=O) groups is 2. The number of rotatable bonds is 6. The minimum atomic E-state index is -3.43. The summed E-state index contributed by atoms with van der Waals surface area (Å²) in [4.78, 5) is 27.5. The Morgan fingerprint density at radius 1 is 1.04 bits per heavy atom. The lowest BCUT2D eigenvalue weighted by molar-refractivity contribution is -0.153. The predicted molar refractivity (Wildman–Crippen MR) is 107 cm³/mol. The molecular formula is C19H35N3O5S. The highest BCUT2D eigenvalue weighted by atomic mass is 32.2. The summed E-state index contributed by atoms with van der Waals surface area (Å²) in [7, 11) is -0.0257. The van der Waals surface area contributed by atoms with Crippen LogP contribution in [0.3, 0.4) is 0 Å². The van der Waals surface area contributed by atoms with Crippen molar-refractivity contribution in [2.75, 3.05) is 33.7 Å². The van der Waals surface area contributed by atoms with Crippen LogP contribution in [0.1, 0.15) is 52.4 Å². The van der Waals surface area contributed by atoms with Crippen LogP contribution < -0.4 is 0 Å². The van der Waals surface area contributed by atoms with E-state index in [-0.39, 0.29) is 17.7 Å². The molecule has 0 aliphatic carbocycles. The molecule has 28 heavy (non-hydrogen) atoms. The predicted octanol–water partition coefficient (Wildman–Crippen LogP) is 1.43. The third-order valence-electron chi connectivity index (χ3n) is 6.11. The number of carbonyl (C=O) groups excluding carboxylic acids is 1. The van der Waals surface area contributed by atoms with Crippen LogP contribution in [-0.2, 0) is 19.6 Å². The monoisotopic (exact) mass is 417 g/mol.